The maximum absolute atomic E-state index is 15.4. The van der Waals surface area contributed by atoms with Crippen molar-refractivity contribution in [1.29, 1.82) is 5.26 Å². The lowest BCUT2D eigenvalue weighted by Gasteiger charge is -2.29. The van der Waals surface area contributed by atoms with Crippen LogP contribution in [0.4, 0.5) is 21.6 Å². The Morgan fingerprint density at radius 2 is 1.89 bits per heavy atom. The molecular weight excluding hydrogens is 583 g/mol. The summed E-state index contributed by atoms with van der Waals surface area (Å²) in [5.41, 5.74) is 4.36. The van der Waals surface area contributed by atoms with Gasteiger partial charge in [0.15, 0.2) is 22.9 Å². The predicted molar refractivity (Wildman–Crippen MR) is 182 cm³/mol. The third kappa shape index (κ3) is 7.82. The van der Waals surface area contributed by atoms with E-state index in [-0.39, 0.29) is 34.3 Å². The first-order valence-corrected chi connectivity index (χ1v) is 15.7. The smallest absolute Gasteiger partial charge is 0.242 e. The zero-order chi connectivity index (χ0) is 33.2. The fraction of sp³-hybridized carbons (Fsp3) is 0.371. The highest BCUT2D eigenvalue weighted by Gasteiger charge is 2.20. The van der Waals surface area contributed by atoms with E-state index < -0.39 is 5.82 Å². The third-order valence-corrected chi connectivity index (χ3v) is 7.94. The first-order valence-electron chi connectivity index (χ1n) is 15.7. The van der Waals surface area contributed by atoms with Gasteiger partial charge in [-0.15, -0.1) is 0 Å². The summed E-state index contributed by atoms with van der Waals surface area (Å²) in [4.78, 5) is 25.1. The van der Waals surface area contributed by atoms with E-state index in [0.717, 1.165) is 44.1 Å². The lowest BCUT2D eigenvalue weighted by Crippen LogP contribution is -2.43. The minimum Gasteiger partial charge on any atom is -0.434 e. The highest BCUT2D eigenvalue weighted by Crippen LogP contribution is 2.34. The van der Waals surface area contributed by atoms with Gasteiger partial charge >= 0.3 is 0 Å². The monoisotopic (exact) mass is 626 g/mol. The normalized spacial score (nSPS) is 13.1. The van der Waals surface area contributed by atoms with Crippen molar-refractivity contribution in [2.24, 2.45) is 0 Å². The van der Waals surface area contributed by atoms with Crippen LogP contribution in [0.5, 0.6) is 11.6 Å². The van der Waals surface area contributed by atoms with E-state index in [0.29, 0.717) is 17.6 Å². The van der Waals surface area contributed by atoms with E-state index in [1.807, 2.05) is 24.3 Å². The Hall–Kier alpha value is -4.95. The number of allylic oxidation sites excluding steroid dienone is 2. The molecule has 1 aliphatic heterocycles. The van der Waals surface area contributed by atoms with Gasteiger partial charge in [0.2, 0.25) is 11.8 Å². The SMILES string of the molecule is C/C=C(\C)N(C)CCC.CCC(=O)n1c(C)cc2c(F)c(Oc3ncnc(Nc4ccc(N5CCNCC5)cc4)c3C#N)ccc21. The largest absolute Gasteiger partial charge is 0.434 e. The summed E-state index contributed by atoms with van der Waals surface area (Å²) in [6.45, 7) is 14.9. The average Bonchev–Trinajstić information content (AvgIpc) is 3.43. The van der Waals surface area contributed by atoms with Gasteiger partial charge in [-0.1, -0.05) is 19.9 Å². The van der Waals surface area contributed by atoms with Crippen LogP contribution in [-0.4, -0.2) is 65.1 Å². The molecule has 2 aromatic heterocycles. The predicted octanol–water partition coefficient (Wildman–Crippen LogP) is 7.00. The number of benzene rings is 2. The summed E-state index contributed by atoms with van der Waals surface area (Å²) >= 11 is 0. The lowest BCUT2D eigenvalue weighted by atomic mass is 10.2. The van der Waals surface area contributed by atoms with Crippen molar-refractivity contribution in [3.63, 3.8) is 0 Å². The quantitative estimate of drug-likeness (QED) is 0.203. The zero-order valence-corrected chi connectivity index (χ0v) is 27.5. The Kier molecular flexibility index (Phi) is 11.7. The van der Waals surface area contributed by atoms with E-state index >= 15 is 4.39 Å². The highest BCUT2D eigenvalue weighted by molar-refractivity contribution is 5.94. The summed E-state index contributed by atoms with van der Waals surface area (Å²) in [5.74, 6) is -0.686. The van der Waals surface area contributed by atoms with Gasteiger partial charge in [0.25, 0.3) is 0 Å². The maximum atomic E-state index is 15.4. The molecule has 11 heteroatoms. The van der Waals surface area contributed by atoms with Crippen molar-refractivity contribution in [2.45, 2.75) is 47.5 Å². The van der Waals surface area contributed by atoms with E-state index in [2.05, 4.69) is 70.4 Å². The Morgan fingerprint density at radius 3 is 2.52 bits per heavy atom. The zero-order valence-electron chi connectivity index (χ0n) is 27.5. The molecule has 0 radical (unpaired) electrons. The number of rotatable bonds is 9. The van der Waals surface area contributed by atoms with Gasteiger partial charge in [-0.25, -0.2) is 14.4 Å². The number of nitriles is 1. The molecule has 0 amide bonds. The van der Waals surface area contributed by atoms with Crippen molar-refractivity contribution >= 4 is 34.0 Å². The van der Waals surface area contributed by atoms with Crippen LogP contribution in [-0.2, 0) is 0 Å². The number of fused-ring (bicyclic) bond motifs is 1. The van der Waals surface area contributed by atoms with Crippen LogP contribution in [0.15, 0.2) is 60.6 Å². The van der Waals surface area contributed by atoms with Crippen molar-refractivity contribution in [3.05, 3.63) is 77.6 Å². The molecule has 0 saturated carbocycles. The Bertz CT molecular complexity index is 1720. The lowest BCUT2D eigenvalue weighted by molar-refractivity contribution is 0.0912. The van der Waals surface area contributed by atoms with Gasteiger partial charge in [0.05, 0.1) is 5.52 Å². The molecule has 3 heterocycles. The molecular formula is C35H43FN8O2. The van der Waals surface area contributed by atoms with Crippen LogP contribution in [0.25, 0.3) is 10.9 Å². The number of piperazine rings is 1. The summed E-state index contributed by atoms with van der Waals surface area (Å²) in [7, 11) is 2.12. The molecule has 0 bridgehead atoms. The van der Waals surface area contributed by atoms with Gasteiger partial charge in [-0.05, 0) is 69.7 Å². The molecule has 1 saturated heterocycles. The van der Waals surface area contributed by atoms with E-state index in [1.165, 1.54) is 29.1 Å². The van der Waals surface area contributed by atoms with Gasteiger partial charge in [0, 0.05) is 74.3 Å². The number of nitrogens with zero attached hydrogens (tertiary/aromatic N) is 6. The fourth-order valence-electron chi connectivity index (χ4n) is 5.22. The molecule has 46 heavy (non-hydrogen) atoms. The van der Waals surface area contributed by atoms with Gasteiger partial charge in [-0.2, -0.15) is 5.26 Å². The second-order valence-electron chi connectivity index (χ2n) is 11.1. The number of halogens is 1. The number of hydrogen-bond donors (Lipinski definition) is 2. The van der Waals surface area contributed by atoms with Gasteiger partial charge < -0.3 is 25.2 Å². The highest BCUT2D eigenvalue weighted by atomic mass is 19.1. The minimum absolute atomic E-state index is 0.0445. The molecule has 1 aliphatic rings. The van der Waals surface area contributed by atoms with Crippen LogP contribution in [0, 0.1) is 24.1 Å². The number of aryl methyl sites for hydroxylation is 1. The number of hydrogen-bond acceptors (Lipinski definition) is 9. The molecule has 0 atom stereocenters. The Labute approximate surface area is 270 Å². The number of carbonyl (C=O) groups excluding carboxylic acids is 1. The van der Waals surface area contributed by atoms with Crippen LogP contribution in [0.2, 0.25) is 0 Å². The molecule has 2 N–H and O–H groups in total. The first-order chi connectivity index (χ1) is 22.2. The average molecular weight is 627 g/mol. The van der Waals surface area contributed by atoms with Crippen LogP contribution in [0.3, 0.4) is 0 Å². The number of carbonyl (C=O) groups is 1. The summed E-state index contributed by atoms with van der Waals surface area (Å²) in [5, 5.41) is 16.6. The number of nitrogens with one attached hydrogen (secondary N) is 2. The van der Waals surface area contributed by atoms with Crippen molar-refractivity contribution in [1.82, 2.24) is 24.8 Å². The van der Waals surface area contributed by atoms with E-state index in [9.17, 15) is 10.1 Å². The Morgan fingerprint density at radius 1 is 1.17 bits per heavy atom. The Balaban J connectivity index is 0.000000468. The fourth-order valence-corrected chi connectivity index (χ4v) is 5.22. The molecule has 10 nitrogen and oxygen atoms in total. The molecule has 242 valence electrons. The standard InChI is InChI=1S/C27H26FN7O2.C8H17N/c1-3-24(36)35-17(2)14-20-22(35)8-9-23(25(20)28)37-27-21(15-29)26(31-16-32-27)33-18-4-6-19(7-5-18)34-12-10-30-11-13-34;1-5-7-9(4)8(3)6-2/h4-9,14,16,30H,3,10-13H2,1-2H3,(H,31,32,33);6H,5,7H2,1-4H3/b;8-6+. The molecule has 1 fully saturated rings. The molecule has 2 aromatic carbocycles. The molecule has 0 spiro atoms. The van der Waals surface area contributed by atoms with Gasteiger partial charge in [-0.3, -0.25) is 9.36 Å². The minimum atomic E-state index is -0.635. The molecule has 0 unspecified atom stereocenters. The number of anilines is 3. The van der Waals surface area contributed by atoms with Crippen LogP contribution < -0.4 is 20.3 Å². The van der Waals surface area contributed by atoms with Crippen molar-refractivity contribution in [2.75, 3.05) is 50.0 Å². The molecule has 5 rings (SSSR count). The summed E-state index contributed by atoms with van der Waals surface area (Å²) in [6, 6.07) is 14.6. The third-order valence-electron chi connectivity index (χ3n) is 7.94. The van der Waals surface area contributed by atoms with E-state index in [1.54, 1.807) is 26.0 Å². The topological polar surface area (TPSA) is 111 Å². The van der Waals surface area contributed by atoms with Gasteiger partial charge in [0.1, 0.15) is 12.4 Å². The molecule has 4 aromatic rings. The number of aromatic nitrogens is 3. The van der Waals surface area contributed by atoms with Crippen molar-refractivity contribution < 1.29 is 13.9 Å². The first kappa shape index (κ1) is 33.9. The molecule has 0 aliphatic carbocycles. The summed E-state index contributed by atoms with van der Waals surface area (Å²) < 4.78 is 22.6. The summed E-state index contributed by atoms with van der Waals surface area (Å²) in [6.07, 6.45) is 4.91. The maximum Gasteiger partial charge on any atom is 0.242 e. The van der Waals surface area contributed by atoms with E-state index in [4.69, 9.17) is 4.74 Å². The second kappa shape index (κ2) is 15.9. The van der Waals surface area contributed by atoms with Crippen molar-refractivity contribution in [3.8, 4) is 17.7 Å². The van der Waals surface area contributed by atoms with Crippen LogP contribution >= 0.6 is 0 Å². The number of ether oxygens (including phenoxy) is 1. The van der Waals surface area contributed by atoms with Crippen LogP contribution in [0.1, 0.15) is 56.6 Å². The second-order valence-corrected chi connectivity index (χ2v) is 11.1.